The molecule has 2 amide bonds. The molecule has 2 heterocycles. The third-order valence-electron chi connectivity index (χ3n) is 9.86. The number of ether oxygens (including phenoxy) is 1. The predicted octanol–water partition coefficient (Wildman–Crippen LogP) is 3.45. The Balaban J connectivity index is 1.02. The van der Waals surface area contributed by atoms with Crippen molar-refractivity contribution in [2.45, 2.75) is 75.0 Å². The van der Waals surface area contributed by atoms with Crippen LogP contribution in [-0.4, -0.2) is 56.5 Å². The van der Waals surface area contributed by atoms with Crippen LogP contribution in [0, 0.1) is 29.1 Å². The topological polar surface area (TPSA) is 105 Å². The van der Waals surface area contributed by atoms with E-state index in [0.717, 1.165) is 24.2 Å². The number of fused-ring (bicyclic) bond motifs is 1. The molecule has 0 spiro atoms. The summed E-state index contributed by atoms with van der Waals surface area (Å²) in [7, 11) is -3.71. The SMILES string of the molecule is C=CC(=O)NC1CC2CCN(S(=O)(=O)c3ccc(C(=O)NCCC45CC6CC(CC(C6)C4)C5)cc3)CC2O1. The van der Waals surface area contributed by atoms with Crippen LogP contribution in [0.5, 0.6) is 0 Å². The average Bonchev–Trinajstić information content (AvgIpc) is 3.29. The molecule has 0 radical (unpaired) electrons. The van der Waals surface area contributed by atoms with Crippen molar-refractivity contribution in [1.82, 2.24) is 14.9 Å². The first kappa shape index (κ1) is 26.0. The Morgan fingerprint density at radius 2 is 1.71 bits per heavy atom. The van der Waals surface area contributed by atoms with Crippen LogP contribution >= 0.6 is 0 Å². The molecule has 9 heteroatoms. The highest BCUT2D eigenvalue weighted by Gasteiger charge is 2.50. The van der Waals surface area contributed by atoms with E-state index in [9.17, 15) is 18.0 Å². The maximum atomic E-state index is 13.3. The molecule has 4 saturated carbocycles. The molecular weight excluding hydrogens is 502 g/mol. The number of amides is 2. The van der Waals surface area contributed by atoms with Crippen LogP contribution in [0.4, 0.5) is 0 Å². The quantitative estimate of drug-likeness (QED) is 0.491. The minimum absolute atomic E-state index is 0.147. The fourth-order valence-corrected chi connectivity index (χ4v) is 9.96. The number of nitrogens with zero attached hydrogens (tertiary/aromatic N) is 1. The highest BCUT2D eigenvalue weighted by molar-refractivity contribution is 7.89. The van der Waals surface area contributed by atoms with Gasteiger partial charge in [-0.25, -0.2) is 8.42 Å². The number of hydrogen-bond acceptors (Lipinski definition) is 5. The number of piperidine rings is 1. The zero-order valence-electron chi connectivity index (χ0n) is 21.9. The summed E-state index contributed by atoms with van der Waals surface area (Å²) in [6.07, 6.45) is 11.2. The van der Waals surface area contributed by atoms with Gasteiger partial charge in [-0.05, 0) is 117 Å². The van der Waals surface area contributed by atoms with Gasteiger partial charge < -0.3 is 15.4 Å². The molecule has 2 saturated heterocycles. The summed E-state index contributed by atoms with van der Waals surface area (Å²) in [6, 6.07) is 6.26. The minimum Gasteiger partial charge on any atom is -0.354 e. The molecule has 6 fully saturated rings. The fourth-order valence-electron chi connectivity index (χ4n) is 8.50. The van der Waals surface area contributed by atoms with E-state index >= 15 is 0 Å². The van der Waals surface area contributed by atoms with Crippen molar-refractivity contribution >= 4 is 21.8 Å². The maximum absolute atomic E-state index is 13.3. The van der Waals surface area contributed by atoms with Crippen LogP contribution in [0.3, 0.4) is 0 Å². The van der Waals surface area contributed by atoms with Gasteiger partial charge in [0.1, 0.15) is 6.23 Å². The predicted molar refractivity (Wildman–Crippen MR) is 142 cm³/mol. The Hall–Kier alpha value is -2.23. The highest BCUT2D eigenvalue weighted by atomic mass is 32.2. The summed E-state index contributed by atoms with van der Waals surface area (Å²) in [6.45, 7) is 4.79. The van der Waals surface area contributed by atoms with Gasteiger partial charge >= 0.3 is 0 Å². The molecule has 4 aliphatic carbocycles. The second-order valence-corrected chi connectivity index (χ2v) is 14.4. The van der Waals surface area contributed by atoms with Crippen LogP contribution in [0.1, 0.15) is 68.1 Å². The van der Waals surface area contributed by atoms with E-state index in [1.807, 2.05) is 0 Å². The van der Waals surface area contributed by atoms with Crippen LogP contribution in [0.15, 0.2) is 41.8 Å². The number of rotatable bonds is 8. The van der Waals surface area contributed by atoms with Gasteiger partial charge in [0, 0.05) is 25.2 Å². The van der Waals surface area contributed by atoms with Gasteiger partial charge in [0.05, 0.1) is 11.0 Å². The first-order chi connectivity index (χ1) is 18.2. The van der Waals surface area contributed by atoms with Crippen molar-refractivity contribution in [3.05, 3.63) is 42.5 Å². The number of sulfonamides is 1. The molecule has 2 aliphatic heterocycles. The molecule has 2 N–H and O–H groups in total. The van der Waals surface area contributed by atoms with Crippen molar-refractivity contribution in [3.63, 3.8) is 0 Å². The lowest BCUT2D eigenvalue weighted by Crippen LogP contribution is -2.47. The Bertz CT molecular complexity index is 1160. The van der Waals surface area contributed by atoms with Crippen LogP contribution in [0.25, 0.3) is 0 Å². The molecule has 7 rings (SSSR count). The van der Waals surface area contributed by atoms with Crippen molar-refractivity contribution < 1.29 is 22.7 Å². The van der Waals surface area contributed by atoms with E-state index in [4.69, 9.17) is 4.74 Å². The Morgan fingerprint density at radius 3 is 2.34 bits per heavy atom. The third-order valence-corrected chi connectivity index (χ3v) is 11.7. The molecule has 0 aromatic heterocycles. The average molecular weight is 542 g/mol. The summed E-state index contributed by atoms with van der Waals surface area (Å²) in [5.41, 5.74) is 0.904. The lowest BCUT2D eigenvalue weighted by molar-refractivity contribution is -0.120. The van der Waals surface area contributed by atoms with Gasteiger partial charge in [0.15, 0.2) is 0 Å². The Kier molecular flexibility index (Phi) is 6.89. The van der Waals surface area contributed by atoms with Gasteiger partial charge in [0.2, 0.25) is 15.9 Å². The molecule has 4 bridgehead atoms. The van der Waals surface area contributed by atoms with Crippen molar-refractivity contribution in [2.24, 2.45) is 29.1 Å². The number of benzene rings is 1. The van der Waals surface area contributed by atoms with E-state index in [1.54, 1.807) is 12.1 Å². The standard InChI is InChI=1S/C29H39N3O5S/c1-2-26(33)31-27-14-23-7-10-32(18-25(23)37-27)38(35,36)24-5-3-22(4-6-24)28(34)30-9-8-29-15-19-11-20(16-29)13-21(12-19)17-29/h2-6,19-21,23,25,27H,1,7-18H2,(H,30,34)(H,31,33). The summed E-state index contributed by atoms with van der Waals surface area (Å²) in [5.74, 6) is 2.47. The molecular formula is C29H39N3O5S. The zero-order chi connectivity index (χ0) is 26.5. The lowest BCUT2D eigenvalue weighted by atomic mass is 9.49. The monoisotopic (exact) mass is 541 g/mol. The van der Waals surface area contributed by atoms with Gasteiger partial charge in [-0.3, -0.25) is 9.59 Å². The molecule has 1 aromatic rings. The first-order valence-corrected chi connectivity index (χ1v) is 15.6. The smallest absolute Gasteiger partial charge is 0.251 e. The van der Waals surface area contributed by atoms with Gasteiger partial charge in [-0.15, -0.1) is 0 Å². The normalized spacial score (nSPS) is 36.0. The molecule has 1 aromatic carbocycles. The van der Waals surface area contributed by atoms with Crippen molar-refractivity contribution in [2.75, 3.05) is 19.6 Å². The number of carbonyl (C=O) groups excluding carboxylic acids is 2. The van der Waals surface area contributed by atoms with E-state index in [1.165, 1.54) is 61.0 Å². The van der Waals surface area contributed by atoms with Crippen LogP contribution in [0.2, 0.25) is 0 Å². The Labute approximate surface area is 225 Å². The molecule has 6 aliphatic rings. The second-order valence-electron chi connectivity index (χ2n) is 12.5. The van der Waals surface area contributed by atoms with Crippen molar-refractivity contribution in [1.29, 1.82) is 0 Å². The van der Waals surface area contributed by atoms with Crippen molar-refractivity contribution in [3.8, 4) is 0 Å². The Morgan fingerprint density at radius 1 is 1.05 bits per heavy atom. The molecule has 3 unspecified atom stereocenters. The van der Waals surface area contributed by atoms with Crippen LogP contribution < -0.4 is 10.6 Å². The summed E-state index contributed by atoms with van der Waals surface area (Å²) in [5, 5.41) is 5.84. The number of nitrogens with one attached hydrogen (secondary N) is 2. The summed E-state index contributed by atoms with van der Waals surface area (Å²) in [4.78, 5) is 24.6. The molecule has 206 valence electrons. The second kappa shape index (κ2) is 10.1. The van der Waals surface area contributed by atoms with Gasteiger partial charge in [-0.2, -0.15) is 4.31 Å². The number of hydrogen-bond donors (Lipinski definition) is 2. The lowest BCUT2D eigenvalue weighted by Gasteiger charge is -2.57. The van der Waals surface area contributed by atoms with E-state index in [2.05, 4.69) is 17.2 Å². The van der Waals surface area contributed by atoms with E-state index in [-0.39, 0.29) is 35.3 Å². The maximum Gasteiger partial charge on any atom is 0.251 e. The first-order valence-electron chi connectivity index (χ1n) is 14.2. The molecule has 8 nitrogen and oxygen atoms in total. The molecule has 3 atom stereocenters. The summed E-state index contributed by atoms with van der Waals surface area (Å²) >= 11 is 0. The van der Waals surface area contributed by atoms with E-state index < -0.39 is 16.3 Å². The summed E-state index contributed by atoms with van der Waals surface area (Å²) < 4.78 is 34.0. The fraction of sp³-hybridized carbons (Fsp3) is 0.655. The van der Waals surface area contributed by atoms with E-state index in [0.29, 0.717) is 36.9 Å². The molecule has 38 heavy (non-hydrogen) atoms. The highest BCUT2D eigenvalue weighted by Crippen LogP contribution is 2.61. The zero-order valence-corrected chi connectivity index (χ0v) is 22.8. The largest absolute Gasteiger partial charge is 0.354 e. The van der Waals surface area contributed by atoms with Crippen LogP contribution in [-0.2, 0) is 19.6 Å². The van der Waals surface area contributed by atoms with Gasteiger partial charge in [-0.1, -0.05) is 6.58 Å². The third kappa shape index (κ3) is 5.05. The number of carbonyl (C=O) groups is 2. The minimum atomic E-state index is -3.71. The van der Waals surface area contributed by atoms with Gasteiger partial charge in [0.25, 0.3) is 5.91 Å².